The van der Waals surface area contributed by atoms with Crippen molar-refractivity contribution < 1.29 is 14.0 Å². The van der Waals surface area contributed by atoms with E-state index in [1.165, 1.54) is 12.1 Å². The van der Waals surface area contributed by atoms with E-state index in [-0.39, 0.29) is 36.6 Å². The number of nitrogens with one attached hydrogen (secondary N) is 1. The first-order valence-corrected chi connectivity index (χ1v) is 11.9. The number of halogens is 2. The van der Waals surface area contributed by atoms with E-state index in [4.69, 9.17) is 11.6 Å². The molecule has 0 saturated carbocycles. The van der Waals surface area contributed by atoms with Gasteiger partial charge < -0.3 is 10.2 Å². The minimum Gasteiger partial charge on any atom is -0.352 e. The lowest BCUT2D eigenvalue weighted by Crippen LogP contribution is -2.52. The van der Waals surface area contributed by atoms with Crippen molar-refractivity contribution in [2.75, 3.05) is 0 Å². The summed E-state index contributed by atoms with van der Waals surface area (Å²) in [6.07, 6.45) is 1.19. The molecule has 0 radical (unpaired) electrons. The maximum absolute atomic E-state index is 13.6. The van der Waals surface area contributed by atoms with Gasteiger partial charge in [0.05, 0.1) is 6.42 Å². The van der Waals surface area contributed by atoms with Gasteiger partial charge in [0.2, 0.25) is 11.8 Å². The van der Waals surface area contributed by atoms with Gasteiger partial charge in [0.25, 0.3) is 0 Å². The number of rotatable bonds is 10. The summed E-state index contributed by atoms with van der Waals surface area (Å²) in [7, 11) is 0. The zero-order valence-corrected chi connectivity index (χ0v) is 20.3. The van der Waals surface area contributed by atoms with E-state index < -0.39 is 6.04 Å². The van der Waals surface area contributed by atoms with Gasteiger partial charge in [-0.15, -0.1) is 0 Å². The molecule has 178 valence electrons. The molecule has 0 spiro atoms. The van der Waals surface area contributed by atoms with Crippen LogP contribution in [0.25, 0.3) is 0 Å². The van der Waals surface area contributed by atoms with Crippen LogP contribution >= 0.6 is 11.6 Å². The van der Waals surface area contributed by atoms with E-state index in [1.54, 1.807) is 23.1 Å². The molecule has 0 heterocycles. The SMILES string of the molecule is CC[C@H](C)NC(=O)[C@H](Cc1ccccc1)N(Cc1ccc(F)cc1)C(=O)Cc1ccccc1Cl. The van der Waals surface area contributed by atoms with Crippen molar-refractivity contribution in [3.05, 3.63) is 106 Å². The number of nitrogens with zero attached hydrogens (tertiary/aromatic N) is 1. The first kappa shape index (κ1) is 25.4. The van der Waals surface area contributed by atoms with Gasteiger partial charge in [0, 0.05) is 24.0 Å². The van der Waals surface area contributed by atoms with E-state index in [1.807, 2.05) is 62.4 Å². The largest absolute Gasteiger partial charge is 0.352 e. The van der Waals surface area contributed by atoms with E-state index in [9.17, 15) is 14.0 Å². The second kappa shape index (κ2) is 12.3. The molecule has 3 aromatic rings. The monoisotopic (exact) mass is 480 g/mol. The van der Waals surface area contributed by atoms with Crippen molar-refractivity contribution in [2.24, 2.45) is 0 Å². The fourth-order valence-corrected chi connectivity index (χ4v) is 3.89. The molecule has 0 aliphatic heterocycles. The third-order valence-corrected chi connectivity index (χ3v) is 6.21. The molecular weight excluding hydrogens is 451 g/mol. The number of amides is 2. The third kappa shape index (κ3) is 7.16. The van der Waals surface area contributed by atoms with E-state index in [2.05, 4.69) is 5.32 Å². The maximum Gasteiger partial charge on any atom is 0.243 e. The number of carbonyl (C=O) groups excluding carboxylic acids is 2. The van der Waals surface area contributed by atoms with Crippen LogP contribution < -0.4 is 5.32 Å². The van der Waals surface area contributed by atoms with Gasteiger partial charge in [-0.25, -0.2) is 4.39 Å². The molecule has 3 rings (SSSR count). The lowest BCUT2D eigenvalue weighted by Gasteiger charge is -2.32. The zero-order valence-electron chi connectivity index (χ0n) is 19.5. The third-order valence-electron chi connectivity index (χ3n) is 5.84. The van der Waals surface area contributed by atoms with Crippen LogP contribution in [0.5, 0.6) is 0 Å². The van der Waals surface area contributed by atoms with Crippen molar-refractivity contribution in [1.29, 1.82) is 0 Å². The molecule has 0 aliphatic carbocycles. The standard InChI is InChI=1S/C28H30ClFN2O2/c1-3-20(2)31-28(34)26(17-21-9-5-4-6-10-21)32(19-22-13-15-24(30)16-14-22)27(33)18-23-11-7-8-12-25(23)29/h4-16,20,26H,3,17-19H2,1-2H3,(H,31,34)/t20-,26-/m0/s1. The Morgan fingerprint density at radius 2 is 1.59 bits per heavy atom. The Morgan fingerprint density at radius 1 is 0.941 bits per heavy atom. The molecule has 2 amide bonds. The maximum atomic E-state index is 13.6. The molecule has 2 atom stereocenters. The fourth-order valence-electron chi connectivity index (χ4n) is 3.69. The van der Waals surface area contributed by atoms with Crippen LogP contribution in [0.4, 0.5) is 4.39 Å². The molecule has 0 saturated heterocycles. The van der Waals surface area contributed by atoms with E-state index >= 15 is 0 Å². The molecule has 0 aromatic heterocycles. The summed E-state index contributed by atoms with van der Waals surface area (Å²) in [5.74, 6) is -0.793. The molecule has 0 bridgehead atoms. The lowest BCUT2D eigenvalue weighted by molar-refractivity contribution is -0.141. The van der Waals surface area contributed by atoms with Gasteiger partial charge in [-0.1, -0.05) is 79.2 Å². The van der Waals surface area contributed by atoms with Gasteiger partial charge in [-0.05, 0) is 48.2 Å². The minimum absolute atomic E-state index is 0.0304. The van der Waals surface area contributed by atoms with Crippen LogP contribution in [0, 0.1) is 5.82 Å². The first-order valence-electron chi connectivity index (χ1n) is 11.5. The quantitative estimate of drug-likeness (QED) is 0.412. The predicted octanol–water partition coefficient (Wildman–Crippen LogP) is 5.58. The molecule has 4 nitrogen and oxygen atoms in total. The second-order valence-electron chi connectivity index (χ2n) is 8.44. The lowest BCUT2D eigenvalue weighted by atomic mass is 10.0. The molecule has 6 heteroatoms. The smallest absolute Gasteiger partial charge is 0.243 e. The van der Waals surface area contributed by atoms with E-state index in [0.29, 0.717) is 17.0 Å². The summed E-state index contributed by atoms with van der Waals surface area (Å²) in [5, 5.41) is 3.54. The van der Waals surface area contributed by atoms with E-state index in [0.717, 1.165) is 17.5 Å². The molecule has 0 aliphatic rings. The van der Waals surface area contributed by atoms with Crippen LogP contribution in [0.15, 0.2) is 78.9 Å². The highest BCUT2D eigenvalue weighted by Crippen LogP contribution is 2.20. The number of benzene rings is 3. The summed E-state index contributed by atoms with van der Waals surface area (Å²) in [6.45, 7) is 4.11. The Kier molecular flexibility index (Phi) is 9.23. The van der Waals surface area contributed by atoms with Crippen molar-refractivity contribution in [1.82, 2.24) is 10.2 Å². The minimum atomic E-state index is -0.739. The van der Waals surface area contributed by atoms with Gasteiger partial charge in [-0.2, -0.15) is 0 Å². The molecule has 3 aromatic carbocycles. The fraction of sp³-hybridized carbons (Fsp3) is 0.286. The van der Waals surface area contributed by atoms with Crippen LogP contribution in [-0.2, 0) is 29.0 Å². The van der Waals surface area contributed by atoms with Crippen molar-refractivity contribution >= 4 is 23.4 Å². The molecular formula is C28H30ClFN2O2. The highest BCUT2D eigenvalue weighted by Gasteiger charge is 2.31. The van der Waals surface area contributed by atoms with Crippen LogP contribution in [0.2, 0.25) is 5.02 Å². The molecule has 0 fully saturated rings. The summed E-state index contributed by atoms with van der Waals surface area (Å²) in [6, 6.07) is 22.0. The van der Waals surface area contributed by atoms with Crippen molar-refractivity contribution in [3.8, 4) is 0 Å². The highest BCUT2D eigenvalue weighted by atomic mass is 35.5. The number of carbonyl (C=O) groups is 2. The van der Waals surface area contributed by atoms with Gasteiger partial charge >= 0.3 is 0 Å². The first-order chi connectivity index (χ1) is 16.4. The van der Waals surface area contributed by atoms with Gasteiger partial charge in [0.15, 0.2) is 0 Å². The average molecular weight is 481 g/mol. The van der Waals surface area contributed by atoms with Crippen molar-refractivity contribution in [2.45, 2.75) is 51.7 Å². The Labute approximate surface area is 205 Å². The highest BCUT2D eigenvalue weighted by molar-refractivity contribution is 6.31. The normalized spacial score (nSPS) is 12.6. The summed E-state index contributed by atoms with van der Waals surface area (Å²) in [4.78, 5) is 28.7. The second-order valence-corrected chi connectivity index (χ2v) is 8.85. The molecule has 0 unspecified atom stereocenters. The Morgan fingerprint density at radius 3 is 2.24 bits per heavy atom. The van der Waals surface area contributed by atoms with Crippen LogP contribution in [-0.4, -0.2) is 28.8 Å². The summed E-state index contributed by atoms with van der Waals surface area (Å²) >= 11 is 6.32. The van der Waals surface area contributed by atoms with Crippen LogP contribution in [0.1, 0.15) is 37.0 Å². The Bertz CT molecular complexity index is 1090. The Balaban J connectivity index is 1.97. The Hall–Kier alpha value is -3.18. The number of hydrogen-bond donors (Lipinski definition) is 1. The van der Waals surface area contributed by atoms with Gasteiger partial charge in [0.1, 0.15) is 11.9 Å². The molecule has 1 N–H and O–H groups in total. The summed E-state index contributed by atoms with van der Waals surface area (Å²) in [5.41, 5.74) is 2.38. The van der Waals surface area contributed by atoms with Crippen molar-refractivity contribution in [3.63, 3.8) is 0 Å². The topological polar surface area (TPSA) is 49.4 Å². The zero-order chi connectivity index (χ0) is 24.5. The predicted molar refractivity (Wildman–Crippen MR) is 134 cm³/mol. The van der Waals surface area contributed by atoms with Gasteiger partial charge in [-0.3, -0.25) is 9.59 Å². The molecule has 34 heavy (non-hydrogen) atoms. The number of hydrogen-bond acceptors (Lipinski definition) is 2. The average Bonchev–Trinajstić information content (AvgIpc) is 2.84. The van der Waals surface area contributed by atoms with Crippen LogP contribution in [0.3, 0.4) is 0 Å². The summed E-state index contributed by atoms with van der Waals surface area (Å²) < 4.78 is 13.5.